The van der Waals surface area contributed by atoms with Crippen LogP contribution >= 0.6 is 0 Å². The first-order valence-electron chi connectivity index (χ1n) is 9.31. The summed E-state index contributed by atoms with van der Waals surface area (Å²) in [5.74, 6) is 2.46. The molecule has 0 aromatic heterocycles. The number of nitrogens with zero attached hydrogens (tertiary/aromatic N) is 1. The highest BCUT2D eigenvalue weighted by molar-refractivity contribution is 7.89. The highest BCUT2D eigenvalue weighted by Crippen LogP contribution is 2.31. The van der Waals surface area contributed by atoms with Gasteiger partial charge in [0.2, 0.25) is 10.0 Å². The number of hydrogen-bond acceptors (Lipinski definition) is 3. The Kier molecular flexibility index (Phi) is 5.87. The van der Waals surface area contributed by atoms with Crippen LogP contribution in [0, 0.1) is 12.3 Å². The number of carbonyl (C=O) groups excluding carboxylic acids is 1. The zero-order valence-electron chi connectivity index (χ0n) is 16.1. The molecule has 0 saturated carbocycles. The van der Waals surface area contributed by atoms with E-state index in [0.717, 1.165) is 24.1 Å². The van der Waals surface area contributed by atoms with Gasteiger partial charge in [-0.15, -0.1) is 6.42 Å². The standard InChI is InChI=1S/C22H24N2O3S/c1-4-12-23-28(26,27)20-9-5-7-19(15-20)22(25)24-13-6-8-18-14-17(16(2)3)10-11-21(18)24/h1,5,7,9-11,14-16,23H,6,8,12-13H2,2-3H3. The molecule has 5 nitrogen and oxygen atoms in total. The Hall–Kier alpha value is -2.62. The van der Waals surface area contributed by atoms with E-state index in [-0.39, 0.29) is 17.3 Å². The lowest BCUT2D eigenvalue weighted by atomic mass is 9.94. The van der Waals surface area contributed by atoms with Gasteiger partial charge in [-0.25, -0.2) is 8.42 Å². The highest BCUT2D eigenvalue weighted by Gasteiger charge is 2.25. The van der Waals surface area contributed by atoms with Crippen LogP contribution in [0.5, 0.6) is 0 Å². The Balaban J connectivity index is 1.92. The number of carbonyl (C=O) groups is 1. The third-order valence-electron chi connectivity index (χ3n) is 4.89. The number of benzene rings is 2. The number of fused-ring (bicyclic) bond motifs is 1. The van der Waals surface area contributed by atoms with Crippen LogP contribution < -0.4 is 9.62 Å². The van der Waals surface area contributed by atoms with Crippen LogP contribution in [0.4, 0.5) is 5.69 Å². The SMILES string of the molecule is C#CCNS(=O)(=O)c1cccc(C(=O)N2CCCc3cc(C(C)C)ccc32)c1. The topological polar surface area (TPSA) is 66.5 Å². The largest absolute Gasteiger partial charge is 0.308 e. The molecule has 0 atom stereocenters. The molecule has 146 valence electrons. The summed E-state index contributed by atoms with van der Waals surface area (Å²) in [6, 6.07) is 12.3. The van der Waals surface area contributed by atoms with Crippen LogP contribution in [-0.4, -0.2) is 27.4 Å². The van der Waals surface area contributed by atoms with E-state index in [4.69, 9.17) is 6.42 Å². The summed E-state index contributed by atoms with van der Waals surface area (Å²) in [7, 11) is -3.75. The highest BCUT2D eigenvalue weighted by atomic mass is 32.2. The van der Waals surface area contributed by atoms with Crippen molar-refractivity contribution < 1.29 is 13.2 Å². The average molecular weight is 397 g/mol. The van der Waals surface area contributed by atoms with Gasteiger partial charge in [-0.1, -0.05) is 38.0 Å². The minimum absolute atomic E-state index is 0.0287. The fraction of sp³-hybridized carbons (Fsp3) is 0.318. The van der Waals surface area contributed by atoms with E-state index in [1.165, 1.54) is 17.7 Å². The van der Waals surface area contributed by atoms with Crippen molar-refractivity contribution in [3.05, 3.63) is 59.2 Å². The Morgan fingerprint density at radius 1 is 1.25 bits per heavy atom. The van der Waals surface area contributed by atoms with E-state index in [2.05, 4.69) is 36.6 Å². The van der Waals surface area contributed by atoms with Crippen LogP contribution in [-0.2, 0) is 16.4 Å². The third-order valence-corrected chi connectivity index (χ3v) is 6.29. The monoisotopic (exact) mass is 396 g/mol. The molecule has 1 N–H and O–H groups in total. The molecule has 1 aliphatic heterocycles. The number of aryl methyl sites for hydroxylation is 1. The minimum atomic E-state index is -3.75. The van der Waals surface area contributed by atoms with Crippen molar-refractivity contribution in [3.63, 3.8) is 0 Å². The predicted octanol–water partition coefficient (Wildman–Crippen LogP) is 3.31. The summed E-state index contributed by atoms with van der Waals surface area (Å²) in [6.45, 7) is 4.80. The van der Waals surface area contributed by atoms with Crippen molar-refractivity contribution in [2.45, 2.75) is 37.5 Å². The summed E-state index contributed by atoms with van der Waals surface area (Å²) in [6.07, 6.45) is 6.94. The first-order valence-corrected chi connectivity index (χ1v) is 10.8. The normalized spacial score (nSPS) is 13.9. The molecule has 2 aromatic carbocycles. The van der Waals surface area contributed by atoms with E-state index in [0.29, 0.717) is 18.0 Å². The van der Waals surface area contributed by atoms with Gasteiger partial charge in [-0.3, -0.25) is 4.79 Å². The predicted molar refractivity (Wildman–Crippen MR) is 111 cm³/mol. The van der Waals surface area contributed by atoms with Gasteiger partial charge in [0.1, 0.15) is 0 Å². The molecule has 0 spiro atoms. The van der Waals surface area contributed by atoms with E-state index in [1.54, 1.807) is 17.0 Å². The molecular weight excluding hydrogens is 372 g/mol. The number of sulfonamides is 1. The van der Waals surface area contributed by atoms with Gasteiger partial charge in [-0.2, -0.15) is 4.72 Å². The number of nitrogens with one attached hydrogen (secondary N) is 1. The summed E-state index contributed by atoms with van der Waals surface area (Å²) in [5, 5.41) is 0. The number of anilines is 1. The molecule has 0 unspecified atom stereocenters. The van der Waals surface area contributed by atoms with Gasteiger partial charge in [0.15, 0.2) is 0 Å². The maximum Gasteiger partial charge on any atom is 0.258 e. The Morgan fingerprint density at radius 3 is 2.75 bits per heavy atom. The number of terminal acetylenes is 1. The smallest absolute Gasteiger partial charge is 0.258 e. The minimum Gasteiger partial charge on any atom is -0.308 e. The number of hydrogen-bond donors (Lipinski definition) is 1. The number of amides is 1. The van der Waals surface area contributed by atoms with Crippen molar-refractivity contribution in [1.29, 1.82) is 0 Å². The molecule has 0 saturated heterocycles. The summed E-state index contributed by atoms with van der Waals surface area (Å²) < 4.78 is 26.9. The molecule has 2 aromatic rings. The fourth-order valence-electron chi connectivity index (χ4n) is 3.36. The van der Waals surface area contributed by atoms with E-state index >= 15 is 0 Å². The molecule has 1 heterocycles. The maximum atomic E-state index is 13.2. The van der Waals surface area contributed by atoms with Crippen molar-refractivity contribution >= 4 is 21.6 Å². The molecule has 3 rings (SSSR count). The molecule has 1 aliphatic rings. The summed E-state index contributed by atoms with van der Waals surface area (Å²) >= 11 is 0. The lowest BCUT2D eigenvalue weighted by molar-refractivity contribution is 0.0985. The maximum absolute atomic E-state index is 13.2. The Labute approximate surface area is 166 Å². The Morgan fingerprint density at radius 2 is 2.04 bits per heavy atom. The van der Waals surface area contributed by atoms with Gasteiger partial charge in [0.25, 0.3) is 5.91 Å². The quantitative estimate of drug-likeness (QED) is 0.789. The third kappa shape index (κ3) is 4.11. The summed E-state index contributed by atoms with van der Waals surface area (Å²) in [4.78, 5) is 14.9. The van der Waals surface area contributed by atoms with Gasteiger partial charge in [0, 0.05) is 17.8 Å². The molecule has 28 heavy (non-hydrogen) atoms. The van der Waals surface area contributed by atoms with E-state index in [9.17, 15) is 13.2 Å². The lowest BCUT2D eigenvalue weighted by Crippen LogP contribution is -2.35. The zero-order chi connectivity index (χ0) is 20.3. The van der Waals surface area contributed by atoms with Crippen molar-refractivity contribution in [1.82, 2.24) is 4.72 Å². The van der Waals surface area contributed by atoms with Gasteiger partial charge in [-0.05, 0) is 54.2 Å². The second-order valence-electron chi connectivity index (χ2n) is 7.16. The van der Waals surface area contributed by atoms with E-state index in [1.807, 2.05) is 6.07 Å². The second kappa shape index (κ2) is 8.17. The molecular formula is C22H24N2O3S. The van der Waals surface area contributed by atoms with Crippen LogP contribution in [0.15, 0.2) is 47.4 Å². The average Bonchev–Trinajstić information content (AvgIpc) is 2.71. The van der Waals surface area contributed by atoms with Crippen molar-refractivity contribution in [3.8, 4) is 12.3 Å². The summed E-state index contributed by atoms with van der Waals surface area (Å²) in [5.41, 5.74) is 3.65. The number of rotatable bonds is 5. The van der Waals surface area contributed by atoms with Crippen LogP contribution in [0.3, 0.4) is 0 Å². The molecule has 6 heteroatoms. The van der Waals surface area contributed by atoms with Gasteiger partial charge < -0.3 is 4.90 Å². The zero-order valence-corrected chi connectivity index (χ0v) is 16.9. The Bertz CT molecular complexity index is 1040. The van der Waals surface area contributed by atoms with Crippen molar-refractivity contribution in [2.24, 2.45) is 0 Å². The van der Waals surface area contributed by atoms with Crippen LogP contribution in [0.1, 0.15) is 47.7 Å². The first-order chi connectivity index (χ1) is 13.3. The molecule has 0 fully saturated rings. The first kappa shape index (κ1) is 20.1. The molecule has 1 amide bonds. The second-order valence-corrected chi connectivity index (χ2v) is 8.93. The molecule has 0 bridgehead atoms. The lowest BCUT2D eigenvalue weighted by Gasteiger charge is -2.30. The fourth-order valence-corrected chi connectivity index (χ4v) is 4.34. The molecule has 0 aliphatic carbocycles. The van der Waals surface area contributed by atoms with Crippen LogP contribution in [0.25, 0.3) is 0 Å². The van der Waals surface area contributed by atoms with Crippen molar-refractivity contribution in [2.75, 3.05) is 18.0 Å². The van der Waals surface area contributed by atoms with Gasteiger partial charge in [0.05, 0.1) is 11.4 Å². The van der Waals surface area contributed by atoms with Gasteiger partial charge >= 0.3 is 0 Å². The molecule has 0 radical (unpaired) electrons. The van der Waals surface area contributed by atoms with E-state index < -0.39 is 10.0 Å². The van der Waals surface area contributed by atoms with Crippen LogP contribution in [0.2, 0.25) is 0 Å².